The molecule has 114 valence electrons. The van der Waals surface area contributed by atoms with E-state index < -0.39 is 10.1 Å². The minimum atomic E-state index is -3.64. The monoisotopic (exact) mass is 320 g/mol. The number of carbonyl (C=O) groups excluding carboxylic acids is 1. The van der Waals surface area contributed by atoms with Crippen molar-refractivity contribution in [2.75, 3.05) is 6.26 Å². The number of ketones is 1. The number of Topliss-reactive ketones (excluding diaryl/α,β-unsaturated/α-hetero) is 1. The minimum absolute atomic E-state index is 0.0872. The maximum Gasteiger partial charge on any atom is 0.306 e. The van der Waals surface area contributed by atoms with E-state index in [-0.39, 0.29) is 23.0 Å². The second kappa shape index (κ2) is 5.03. The molecule has 0 fully saturated rings. The summed E-state index contributed by atoms with van der Waals surface area (Å²) in [6.45, 7) is 1.79. The van der Waals surface area contributed by atoms with E-state index >= 15 is 0 Å². The van der Waals surface area contributed by atoms with Crippen LogP contribution in [0.1, 0.15) is 21.9 Å². The number of hydrogen-bond acceptors (Lipinski definition) is 6. The highest BCUT2D eigenvalue weighted by Gasteiger charge is 2.28. The van der Waals surface area contributed by atoms with Crippen molar-refractivity contribution in [3.63, 3.8) is 0 Å². The molecule has 2 heterocycles. The predicted octanol–water partition coefficient (Wildman–Crippen LogP) is 2.54. The van der Waals surface area contributed by atoms with E-state index in [9.17, 15) is 13.2 Å². The number of rotatable bonds is 3. The smallest absolute Gasteiger partial charge is 0.306 e. The van der Waals surface area contributed by atoms with Gasteiger partial charge in [-0.2, -0.15) is 8.42 Å². The summed E-state index contributed by atoms with van der Waals surface area (Å²) in [6, 6.07) is 7.73. The van der Waals surface area contributed by atoms with Crippen LogP contribution in [0.3, 0.4) is 0 Å². The van der Waals surface area contributed by atoms with Gasteiger partial charge in [-0.15, -0.1) is 0 Å². The lowest BCUT2D eigenvalue weighted by Gasteiger charge is -2.03. The molecule has 1 aromatic carbocycles. The molecule has 0 aliphatic carbocycles. The topological polar surface area (TPSA) is 82.8 Å². The van der Waals surface area contributed by atoms with Crippen molar-refractivity contribution in [3.8, 4) is 11.5 Å². The van der Waals surface area contributed by atoms with Crippen molar-refractivity contribution in [1.82, 2.24) is 0 Å². The summed E-state index contributed by atoms with van der Waals surface area (Å²) in [4.78, 5) is 12.2. The highest BCUT2D eigenvalue weighted by Crippen LogP contribution is 2.35. The second-order valence-corrected chi connectivity index (χ2v) is 6.41. The van der Waals surface area contributed by atoms with Crippen molar-refractivity contribution in [2.24, 2.45) is 0 Å². The van der Waals surface area contributed by atoms with Crippen LogP contribution in [0.5, 0.6) is 11.5 Å². The number of aryl methyl sites for hydroxylation is 1. The van der Waals surface area contributed by atoms with Crippen LogP contribution in [0.2, 0.25) is 0 Å². The van der Waals surface area contributed by atoms with Crippen LogP contribution < -0.4 is 8.92 Å². The Morgan fingerprint density at radius 2 is 1.95 bits per heavy atom. The average Bonchev–Trinajstić information content (AvgIpc) is 2.93. The van der Waals surface area contributed by atoms with E-state index in [1.165, 1.54) is 24.3 Å². The summed E-state index contributed by atoms with van der Waals surface area (Å²) in [6.07, 6.45) is 2.43. The molecule has 0 amide bonds. The molecule has 2 aromatic rings. The Morgan fingerprint density at radius 3 is 2.59 bits per heavy atom. The summed E-state index contributed by atoms with van der Waals surface area (Å²) in [5, 5.41) is 0. The fraction of sp³-hybridized carbons (Fsp3) is 0.133. The van der Waals surface area contributed by atoms with Gasteiger partial charge >= 0.3 is 10.1 Å². The fourth-order valence-electron chi connectivity index (χ4n) is 2.05. The molecular weight excluding hydrogens is 308 g/mol. The molecule has 6 nitrogen and oxygen atoms in total. The Labute approximate surface area is 127 Å². The van der Waals surface area contributed by atoms with Crippen molar-refractivity contribution in [1.29, 1.82) is 0 Å². The van der Waals surface area contributed by atoms with E-state index in [2.05, 4.69) is 0 Å². The van der Waals surface area contributed by atoms with Gasteiger partial charge in [-0.3, -0.25) is 4.79 Å². The first-order valence-corrected chi connectivity index (χ1v) is 8.18. The Hall–Kier alpha value is -2.54. The zero-order valence-corrected chi connectivity index (χ0v) is 12.6. The van der Waals surface area contributed by atoms with Gasteiger partial charge in [0, 0.05) is 12.1 Å². The van der Waals surface area contributed by atoms with Crippen molar-refractivity contribution in [2.45, 2.75) is 6.92 Å². The zero-order valence-electron chi connectivity index (χ0n) is 11.8. The maximum atomic E-state index is 12.2. The largest absolute Gasteiger partial charge is 0.462 e. The third-order valence-corrected chi connectivity index (χ3v) is 3.42. The quantitative estimate of drug-likeness (QED) is 0.638. The molecule has 0 saturated carbocycles. The number of hydrogen-bond donors (Lipinski definition) is 0. The summed E-state index contributed by atoms with van der Waals surface area (Å²) in [5.41, 5.74) is 0.343. The molecule has 22 heavy (non-hydrogen) atoms. The molecule has 1 aliphatic heterocycles. The predicted molar refractivity (Wildman–Crippen MR) is 78.3 cm³/mol. The second-order valence-electron chi connectivity index (χ2n) is 4.83. The lowest BCUT2D eigenvalue weighted by atomic mass is 10.1. The third-order valence-electron chi connectivity index (χ3n) is 2.92. The van der Waals surface area contributed by atoms with Crippen LogP contribution in [0.15, 0.2) is 40.5 Å². The zero-order chi connectivity index (χ0) is 15.9. The molecule has 1 aromatic heterocycles. The highest BCUT2D eigenvalue weighted by atomic mass is 32.2. The normalized spacial score (nSPS) is 15.7. The molecule has 0 spiro atoms. The lowest BCUT2D eigenvalue weighted by molar-refractivity contribution is 0.101. The molecule has 0 saturated heterocycles. The van der Waals surface area contributed by atoms with Crippen LogP contribution in [-0.2, 0) is 10.1 Å². The molecule has 0 N–H and O–H groups in total. The van der Waals surface area contributed by atoms with Crippen LogP contribution >= 0.6 is 0 Å². The van der Waals surface area contributed by atoms with Crippen LogP contribution in [-0.4, -0.2) is 20.5 Å². The standard InChI is InChI=1S/C15H12O6S/c1-9-3-4-10(19-9)7-14-15(16)12-6-5-11(8-13(12)20-14)21-22(2,17)18/h3-8H,1-2H3. The van der Waals surface area contributed by atoms with Crippen molar-refractivity contribution >= 4 is 22.0 Å². The Kier molecular flexibility index (Phi) is 3.29. The highest BCUT2D eigenvalue weighted by molar-refractivity contribution is 7.86. The van der Waals surface area contributed by atoms with Gasteiger partial charge in [0.25, 0.3) is 0 Å². The molecule has 7 heteroatoms. The Balaban J connectivity index is 1.92. The van der Waals surface area contributed by atoms with E-state index in [1.807, 2.05) is 0 Å². The van der Waals surface area contributed by atoms with E-state index in [0.717, 1.165) is 12.0 Å². The molecule has 0 unspecified atom stereocenters. The first kappa shape index (κ1) is 14.4. The number of fused-ring (bicyclic) bond motifs is 1. The molecule has 1 aliphatic rings. The van der Waals surface area contributed by atoms with Crippen molar-refractivity contribution < 1.29 is 26.5 Å². The molecule has 0 bridgehead atoms. The number of benzene rings is 1. The van der Waals surface area contributed by atoms with E-state index in [0.29, 0.717) is 11.3 Å². The van der Waals surface area contributed by atoms with E-state index in [4.69, 9.17) is 13.3 Å². The minimum Gasteiger partial charge on any atom is -0.462 e. The van der Waals surface area contributed by atoms with Gasteiger partial charge in [0.2, 0.25) is 5.78 Å². The van der Waals surface area contributed by atoms with Crippen molar-refractivity contribution in [3.05, 3.63) is 53.2 Å². The molecule has 0 atom stereocenters. The van der Waals surface area contributed by atoms with Gasteiger partial charge in [-0.25, -0.2) is 0 Å². The van der Waals surface area contributed by atoms with Gasteiger partial charge in [-0.1, -0.05) is 0 Å². The first-order valence-electron chi connectivity index (χ1n) is 6.36. The summed E-state index contributed by atoms with van der Waals surface area (Å²) < 4.78 is 37.8. The van der Waals surface area contributed by atoms with Crippen LogP contribution in [0, 0.1) is 6.92 Å². The SMILES string of the molecule is Cc1ccc(C=C2Oc3cc(OS(C)(=O)=O)ccc3C2=O)o1. The fourth-order valence-corrected chi connectivity index (χ4v) is 2.51. The lowest BCUT2D eigenvalue weighted by Crippen LogP contribution is -2.05. The number of furan rings is 1. The average molecular weight is 320 g/mol. The van der Waals surface area contributed by atoms with Crippen LogP contribution in [0.25, 0.3) is 6.08 Å². The molecular formula is C15H12O6S. The number of carbonyl (C=O) groups is 1. The maximum absolute atomic E-state index is 12.2. The Bertz CT molecular complexity index is 889. The number of allylic oxidation sites excluding steroid dienone is 1. The molecule has 3 rings (SSSR count). The van der Waals surface area contributed by atoms with Gasteiger partial charge < -0.3 is 13.3 Å². The molecule has 0 radical (unpaired) electrons. The summed E-state index contributed by atoms with van der Waals surface area (Å²) in [7, 11) is -3.64. The number of ether oxygens (including phenoxy) is 1. The van der Waals surface area contributed by atoms with Gasteiger partial charge in [0.05, 0.1) is 11.8 Å². The summed E-state index contributed by atoms with van der Waals surface area (Å²) >= 11 is 0. The Morgan fingerprint density at radius 1 is 1.18 bits per heavy atom. The third kappa shape index (κ3) is 2.89. The van der Waals surface area contributed by atoms with Gasteiger partial charge in [0.15, 0.2) is 5.76 Å². The van der Waals surface area contributed by atoms with E-state index in [1.54, 1.807) is 19.1 Å². The van der Waals surface area contributed by atoms with Crippen LogP contribution in [0.4, 0.5) is 0 Å². The van der Waals surface area contributed by atoms with Gasteiger partial charge in [0.1, 0.15) is 23.0 Å². The summed E-state index contributed by atoms with van der Waals surface area (Å²) in [5.74, 6) is 1.38. The first-order chi connectivity index (χ1) is 10.3. The van der Waals surface area contributed by atoms with Gasteiger partial charge in [-0.05, 0) is 31.2 Å².